The van der Waals surface area contributed by atoms with Crippen molar-refractivity contribution in [1.29, 1.82) is 0 Å². The van der Waals surface area contributed by atoms with Gasteiger partial charge in [0.25, 0.3) is 0 Å². The Morgan fingerprint density at radius 3 is 2.55 bits per heavy atom. The summed E-state index contributed by atoms with van der Waals surface area (Å²) in [6.45, 7) is 2.19. The third kappa shape index (κ3) is 1.88. The van der Waals surface area contributed by atoms with Crippen LogP contribution in [0.3, 0.4) is 0 Å². The summed E-state index contributed by atoms with van der Waals surface area (Å²) in [5.41, 5.74) is 3.50. The van der Waals surface area contributed by atoms with Crippen molar-refractivity contribution in [2.45, 2.75) is 57.9 Å². The monoisotopic (exact) mass is 267 g/mol. The maximum absolute atomic E-state index is 4.85. The zero-order chi connectivity index (χ0) is 13.5. The van der Waals surface area contributed by atoms with Crippen molar-refractivity contribution in [3.63, 3.8) is 0 Å². The van der Waals surface area contributed by atoms with E-state index in [-0.39, 0.29) is 0 Å². The third-order valence-electron chi connectivity index (χ3n) is 4.74. The molecule has 0 radical (unpaired) electrons. The van der Waals surface area contributed by atoms with Crippen molar-refractivity contribution >= 4 is 23.2 Å². The molecule has 0 atom stereocenters. The van der Waals surface area contributed by atoms with E-state index >= 15 is 0 Å². The van der Waals surface area contributed by atoms with Crippen LogP contribution < -0.4 is 10.4 Å². The van der Waals surface area contributed by atoms with Gasteiger partial charge in [-0.25, -0.2) is 0 Å². The average Bonchev–Trinajstić information content (AvgIpc) is 2.93. The van der Waals surface area contributed by atoms with Crippen LogP contribution in [0.5, 0.6) is 0 Å². The Balaban J connectivity index is 1.92. The number of rotatable bonds is 1. The molecule has 1 fully saturated rings. The van der Waals surface area contributed by atoms with E-state index in [4.69, 9.17) is 10.2 Å². The summed E-state index contributed by atoms with van der Waals surface area (Å²) in [6.07, 6.45) is 13.4. The number of benzene rings is 1. The highest BCUT2D eigenvalue weighted by molar-refractivity contribution is 5.77. The molecule has 0 bridgehead atoms. The first-order valence-electron chi connectivity index (χ1n) is 7.89. The van der Waals surface area contributed by atoms with Crippen molar-refractivity contribution in [3.8, 4) is 0 Å². The number of fused-ring (bicyclic) bond motifs is 3. The van der Waals surface area contributed by atoms with Gasteiger partial charge in [0.05, 0.1) is 6.04 Å². The summed E-state index contributed by atoms with van der Waals surface area (Å²) in [5, 5.41) is 12.3. The molecular formula is C17H21N3. The molecule has 4 rings (SSSR count). The van der Waals surface area contributed by atoms with Gasteiger partial charge in [0.2, 0.25) is 0 Å². The molecule has 1 aromatic heterocycles. The molecule has 2 aromatic rings. The Morgan fingerprint density at radius 1 is 1.00 bits per heavy atom. The summed E-state index contributed by atoms with van der Waals surface area (Å²) >= 11 is 0. The molecule has 1 saturated carbocycles. The van der Waals surface area contributed by atoms with Gasteiger partial charge in [-0.05, 0) is 49.5 Å². The fourth-order valence-corrected chi connectivity index (χ4v) is 3.65. The SMILES string of the molecule is Cc1cc2nn(C3CCCCC3)nc2c2c1=CCCC=2. The van der Waals surface area contributed by atoms with Gasteiger partial charge in [0.1, 0.15) is 11.0 Å². The molecule has 0 unspecified atom stereocenters. The molecule has 0 aliphatic heterocycles. The lowest BCUT2D eigenvalue weighted by molar-refractivity contribution is 0.304. The van der Waals surface area contributed by atoms with E-state index in [9.17, 15) is 0 Å². The molecule has 1 heterocycles. The summed E-state index contributed by atoms with van der Waals surface area (Å²) in [6, 6.07) is 2.72. The van der Waals surface area contributed by atoms with Crippen LogP contribution in [0.15, 0.2) is 6.07 Å². The van der Waals surface area contributed by atoms with Gasteiger partial charge in [-0.2, -0.15) is 15.0 Å². The number of hydrogen-bond donors (Lipinski definition) is 0. The molecule has 20 heavy (non-hydrogen) atoms. The molecule has 1 aromatic carbocycles. The number of hydrogen-bond acceptors (Lipinski definition) is 2. The first-order valence-corrected chi connectivity index (χ1v) is 7.89. The van der Waals surface area contributed by atoms with Gasteiger partial charge < -0.3 is 0 Å². The smallest absolute Gasteiger partial charge is 0.120 e. The van der Waals surface area contributed by atoms with Crippen LogP contribution in [0.1, 0.15) is 56.6 Å². The van der Waals surface area contributed by atoms with Gasteiger partial charge in [-0.1, -0.05) is 31.4 Å². The predicted molar refractivity (Wildman–Crippen MR) is 81.8 cm³/mol. The molecule has 2 aliphatic carbocycles. The summed E-state index contributed by atoms with van der Waals surface area (Å²) in [7, 11) is 0. The third-order valence-corrected chi connectivity index (χ3v) is 4.74. The fourth-order valence-electron chi connectivity index (χ4n) is 3.65. The highest BCUT2D eigenvalue weighted by atomic mass is 15.5. The van der Waals surface area contributed by atoms with Crippen molar-refractivity contribution in [2.24, 2.45) is 0 Å². The fraction of sp³-hybridized carbons (Fsp3) is 0.529. The van der Waals surface area contributed by atoms with Crippen LogP contribution in [0, 0.1) is 6.92 Å². The zero-order valence-corrected chi connectivity index (χ0v) is 12.1. The van der Waals surface area contributed by atoms with Gasteiger partial charge in [0.15, 0.2) is 0 Å². The van der Waals surface area contributed by atoms with Gasteiger partial charge >= 0.3 is 0 Å². The molecule has 0 saturated heterocycles. The summed E-state index contributed by atoms with van der Waals surface area (Å²) < 4.78 is 0. The Bertz CT molecular complexity index is 764. The van der Waals surface area contributed by atoms with Gasteiger partial charge in [-0.15, -0.1) is 0 Å². The zero-order valence-electron chi connectivity index (χ0n) is 12.1. The van der Waals surface area contributed by atoms with E-state index < -0.39 is 0 Å². The average molecular weight is 267 g/mol. The Morgan fingerprint density at radius 2 is 1.75 bits per heavy atom. The molecule has 0 N–H and O–H groups in total. The minimum Gasteiger partial charge on any atom is -0.181 e. The van der Waals surface area contributed by atoms with E-state index in [1.165, 1.54) is 48.1 Å². The van der Waals surface area contributed by atoms with E-state index in [2.05, 4.69) is 25.1 Å². The van der Waals surface area contributed by atoms with Crippen LogP contribution in [0.2, 0.25) is 0 Å². The van der Waals surface area contributed by atoms with Crippen LogP contribution in [0.4, 0.5) is 0 Å². The first kappa shape index (κ1) is 12.1. The van der Waals surface area contributed by atoms with E-state index in [1.807, 2.05) is 4.80 Å². The summed E-state index contributed by atoms with van der Waals surface area (Å²) in [5.74, 6) is 0. The van der Waals surface area contributed by atoms with Crippen LogP contribution in [-0.4, -0.2) is 15.0 Å². The highest BCUT2D eigenvalue weighted by Crippen LogP contribution is 2.27. The predicted octanol–water partition coefficient (Wildman–Crippen LogP) is 2.60. The first-order chi connectivity index (χ1) is 9.83. The van der Waals surface area contributed by atoms with Gasteiger partial charge in [0, 0.05) is 5.22 Å². The largest absolute Gasteiger partial charge is 0.181 e. The van der Waals surface area contributed by atoms with Gasteiger partial charge in [-0.3, -0.25) is 0 Å². The molecule has 104 valence electrons. The summed E-state index contributed by atoms with van der Waals surface area (Å²) in [4.78, 5) is 2.01. The molecule has 0 amide bonds. The minimum absolute atomic E-state index is 0.514. The highest BCUT2D eigenvalue weighted by Gasteiger charge is 2.18. The van der Waals surface area contributed by atoms with Crippen LogP contribution in [-0.2, 0) is 0 Å². The maximum Gasteiger partial charge on any atom is 0.120 e. The van der Waals surface area contributed by atoms with E-state index in [0.29, 0.717) is 6.04 Å². The second kappa shape index (κ2) is 4.72. The van der Waals surface area contributed by atoms with Crippen molar-refractivity contribution in [2.75, 3.05) is 0 Å². The molecule has 3 heteroatoms. The number of nitrogens with zero attached hydrogens (tertiary/aromatic N) is 3. The maximum atomic E-state index is 4.85. The molecule has 3 nitrogen and oxygen atoms in total. The van der Waals surface area contributed by atoms with E-state index in [1.54, 1.807) is 0 Å². The van der Waals surface area contributed by atoms with E-state index in [0.717, 1.165) is 23.9 Å². The Kier molecular flexibility index (Phi) is 2.86. The van der Waals surface area contributed by atoms with Crippen molar-refractivity contribution < 1.29 is 0 Å². The standard InChI is InChI=1S/C17H21N3/c1-12-11-16-17(15-10-6-5-9-14(12)15)19-20(18-16)13-7-3-2-4-8-13/h9-11,13H,2-8H2,1H3. The Hall–Kier alpha value is -1.64. The van der Waals surface area contributed by atoms with Crippen LogP contribution in [0.25, 0.3) is 23.2 Å². The molecule has 0 spiro atoms. The normalized spacial score (nSPS) is 19.4. The number of aryl methyl sites for hydroxylation is 1. The topological polar surface area (TPSA) is 30.7 Å². The Labute approximate surface area is 119 Å². The lowest BCUT2D eigenvalue weighted by Gasteiger charge is -2.20. The quantitative estimate of drug-likeness (QED) is 0.795. The molecular weight excluding hydrogens is 246 g/mol. The number of aromatic nitrogens is 3. The second-order valence-corrected chi connectivity index (χ2v) is 6.19. The lowest BCUT2D eigenvalue weighted by Crippen LogP contribution is -2.30. The van der Waals surface area contributed by atoms with Crippen molar-refractivity contribution in [3.05, 3.63) is 22.1 Å². The lowest BCUT2D eigenvalue weighted by atomic mass is 9.96. The van der Waals surface area contributed by atoms with Crippen LogP contribution >= 0.6 is 0 Å². The minimum atomic E-state index is 0.514. The second-order valence-electron chi connectivity index (χ2n) is 6.19. The van der Waals surface area contributed by atoms with Crippen molar-refractivity contribution in [1.82, 2.24) is 15.0 Å². The molecule has 2 aliphatic rings.